The first-order chi connectivity index (χ1) is 8.08. The van der Waals surface area contributed by atoms with Crippen molar-refractivity contribution >= 4 is 0 Å². The van der Waals surface area contributed by atoms with Gasteiger partial charge in [0.15, 0.2) is 0 Å². The first-order valence-electron chi connectivity index (χ1n) is 6.28. The molecule has 5 nitrogen and oxygen atoms in total. The minimum Gasteiger partial charge on any atom is -0.381 e. The van der Waals surface area contributed by atoms with Crippen LogP contribution in [0.5, 0.6) is 0 Å². The number of ether oxygens (including phenoxy) is 1. The molecule has 0 aliphatic carbocycles. The zero-order valence-electron chi connectivity index (χ0n) is 11.3. The Hall–Kier alpha value is -0.940. The van der Waals surface area contributed by atoms with Crippen molar-refractivity contribution < 1.29 is 4.74 Å². The molecule has 0 amide bonds. The Bertz CT molecular complexity index is 309. The third-order valence-electron chi connectivity index (χ3n) is 2.20. The fourth-order valence-electron chi connectivity index (χ4n) is 1.30. The number of hydrogen-bond donors (Lipinski definition) is 1. The maximum Gasteiger partial charge on any atom is 0.0923 e. The number of aromatic nitrogens is 3. The minimum absolute atomic E-state index is 0.456. The molecule has 0 saturated heterocycles. The standard InChI is InChI=1S/C12H24N4O/c1-10(2)8-17-6-5-12-7-16(15-14-12)9-13-11(3)4/h7,10-11,13H,5-6,8-9H2,1-4H3. The number of nitrogens with one attached hydrogen (secondary N) is 1. The van der Waals surface area contributed by atoms with Crippen LogP contribution in [0.2, 0.25) is 0 Å². The molecule has 0 aliphatic rings. The van der Waals surface area contributed by atoms with Gasteiger partial charge in [-0.2, -0.15) is 0 Å². The maximum atomic E-state index is 5.51. The molecular formula is C12H24N4O. The van der Waals surface area contributed by atoms with Crippen molar-refractivity contribution in [3.8, 4) is 0 Å². The van der Waals surface area contributed by atoms with E-state index in [9.17, 15) is 0 Å². The summed E-state index contributed by atoms with van der Waals surface area (Å²) in [7, 11) is 0. The minimum atomic E-state index is 0.456. The lowest BCUT2D eigenvalue weighted by molar-refractivity contribution is 0.112. The summed E-state index contributed by atoms with van der Waals surface area (Å²) in [5.41, 5.74) is 0.985. The normalized spacial score (nSPS) is 11.6. The van der Waals surface area contributed by atoms with Crippen LogP contribution in [0.15, 0.2) is 6.20 Å². The molecule has 0 aromatic carbocycles. The van der Waals surface area contributed by atoms with Crippen LogP contribution in [0.1, 0.15) is 33.4 Å². The summed E-state index contributed by atoms with van der Waals surface area (Å²) in [6, 6.07) is 0.456. The Labute approximate surface area is 104 Å². The highest BCUT2D eigenvalue weighted by Crippen LogP contribution is 1.97. The first-order valence-corrected chi connectivity index (χ1v) is 6.28. The molecule has 0 fully saturated rings. The van der Waals surface area contributed by atoms with Gasteiger partial charge in [-0.05, 0) is 19.8 Å². The molecule has 0 saturated carbocycles. The summed E-state index contributed by atoms with van der Waals surface area (Å²) < 4.78 is 7.33. The second kappa shape index (κ2) is 7.40. The van der Waals surface area contributed by atoms with Crippen LogP contribution in [0.3, 0.4) is 0 Å². The van der Waals surface area contributed by atoms with Gasteiger partial charge in [-0.25, -0.2) is 4.68 Å². The van der Waals surface area contributed by atoms with Gasteiger partial charge in [-0.15, -0.1) is 5.10 Å². The van der Waals surface area contributed by atoms with Gasteiger partial charge in [0.25, 0.3) is 0 Å². The van der Waals surface area contributed by atoms with Crippen molar-refractivity contribution in [2.45, 2.75) is 46.8 Å². The van der Waals surface area contributed by atoms with Crippen LogP contribution in [0.4, 0.5) is 0 Å². The van der Waals surface area contributed by atoms with Gasteiger partial charge >= 0.3 is 0 Å². The highest BCUT2D eigenvalue weighted by atomic mass is 16.5. The largest absolute Gasteiger partial charge is 0.381 e. The van der Waals surface area contributed by atoms with Crippen molar-refractivity contribution in [1.29, 1.82) is 0 Å². The summed E-state index contributed by atoms with van der Waals surface area (Å²) in [5.74, 6) is 0.584. The van der Waals surface area contributed by atoms with Gasteiger partial charge in [0.1, 0.15) is 0 Å². The van der Waals surface area contributed by atoms with Gasteiger partial charge < -0.3 is 4.74 Å². The smallest absolute Gasteiger partial charge is 0.0923 e. The van der Waals surface area contributed by atoms with Crippen molar-refractivity contribution in [1.82, 2.24) is 20.3 Å². The summed E-state index contributed by atoms with van der Waals surface area (Å²) in [4.78, 5) is 0. The molecule has 0 unspecified atom stereocenters. The van der Waals surface area contributed by atoms with E-state index in [-0.39, 0.29) is 0 Å². The van der Waals surface area contributed by atoms with E-state index in [2.05, 4.69) is 43.3 Å². The lowest BCUT2D eigenvalue weighted by Gasteiger charge is -2.06. The van der Waals surface area contributed by atoms with Crippen LogP contribution in [0, 0.1) is 5.92 Å². The van der Waals surface area contributed by atoms with Gasteiger partial charge in [0.2, 0.25) is 0 Å². The number of rotatable bonds is 8. The summed E-state index contributed by atoms with van der Waals surface area (Å²) in [5, 5.41) is 11.4. The molecule has 0 spiro atoms. The third-order valence-corrected chi connectivity index (χ3v) is 2.20. The Balaban J connectivity index is 2.21. The summed E-state index contributed by atoms with van der Waals surface area (Å²) in [6.07, 6.45) is 2.79. The molecule has 1 heterocycles. The van der Waals surface area contributed by atoms with Crippen molar-refractivity contribution in [2.75, 3.05) is 13.2 Å². The first kappa shape index (κ1) is 14.1. The number of nitrogens with zero attached hydrogens (tertiary/aromatic N) is 3. The molecule has 1 aromatic rings. The van der Waals surface area contributed by atoms with E-state index in [1.807, 2.05) is 10.9 Å². The van der Waals surface area contributed by atoms with E-state index in [4.69, 9.17) is 4.74 Å². The van der Waals surface area contributed by atoms with Crippen LogP contribution in [-0.2, 0) is 17.8 Å². The molecule has 0 bridgehead atoms. The Morgan fingerprint density at radius 2 is 2.12 bits per heavy atom. The molecule has 0 atom stereocenters. The van der Waals surface area contributed by atoms with Gasteiger partial charge in [-0.1, -0.05) is 19.1 Å². The molecule has 5 heteroatoms. The predicted molar refractivity (Wildman–Crippen MR) is 67.7 cm³/mol. The molecule has 1 rings (SSSR count). The second-order valence-corrected chi connectivity index (χ2v) is 4.99. The summed E-state index contributed by atoms with van der Waals surface area (Å²) in [6.45, 7) is 10.7. The molecular weight excluding hydrogens is 216 g/mol. The molecule has 0 aliphatic heterocycles. The summed E-state index contributed by atoms with van der Waals surface area (Å²) >= 11 is 0. The number of hydrogen-bond acceptors (Lipinski definition) is 4. The second-order valence-electron chi connectivity index (χ2n) is 4.99. The van der Waals surface area contributed by atoms with Gasteiger partial charge in [-0.3, -0.25) is 5.32 Å². The lowest BCUT2D eigenvalue weighted by Crippen LogP contribution is -2.25. The van der Waals surface area contributed by atoms with Crippen LogP contribution in [0.25, 0.3) is 0 Å². The Morgan fingerprint density at radius 1 is 1.35 bits per heavy atom. The SMILES string of the molecule is CC(C)COCCc1cn(CNC(C)C)nn1. The fraction of sp³-hybridized carbons (Fsp3) is 0.833. The molecule has 1 aromatic heterocycles. The highest BCUT2D eigenvalue weighted by Gasteiger charge is 2.01. The van der Waals surface area contributed by atoms with E-state index >= 15 is 0 Å². The van der Waals surface area contributed by atoms with Gasteiger partial charge in [0.05, 0.1) is 25.2 Å². The zero-order valence-corrected chi connectivity index (χ0v) is 11.3. The lowest BCUT2D eigenvalue weighted by atomic mass is 10.2. The predicted octanol–water partition coefficient (Wildman–Crippen LogP) is 1.45. The molecule has 17 heavy (non-hydrogen) atoms. The molecule has 1 N–H and O–H groups in total. The van der Waals surface area contributed by atoms with Crippen molar-refractivity contribution in [3.05, 3.63) is 11.9 Å². The highest BCUT2D eigenvalue weighted by molar-refractivity contribution is 4.92. The third kappa shape index (κ3) is 6.38. The van der Waals surface area contributed by atoms with E-state index < -0.39 is 0 Å². The van der Waals surface area contributed by atoms with Crippen molar-refractivity contribution in [2.24, 2.45) is 5.92 Å². The van der Waals surface area contributed by atoms with Gasteiger partial charge in [0, 0.05) is 19.1 Å². The average Bonchev–Trinajstić information content (AvgIpc) is 2.69. The van der Waals surface area contributed by atoms with Crippen LogP contribution >= 0.6 is 0 Å². The zero-order chi connectivity index (χ0) is 12.7. The molecule has 0 radical (unpaired) electrons. The topological polar surface area (TPSA) is 52.0 Å². The fourth-order valence-corrected chi connectivity index (χ4v) is 1.30. The van der Waals surface area contributed by atoms with Crippen LogP contribution in [-0.4, -0.2) is 34.2 Å². The van der Waals surface area contributed by atoms with E-state index in [0.29, 0.717) is 25.2 Å². The quantitative estimate of drug-likeness (QED) is 0.699. The Kier molecular flexibility index (Phi) is 6.15. The van der Waals surface area contributed by atoms with E-state index in [1.165, 1.54) is 0 Å². The average molecular weight is 240 g/mol. The molecule has 98 valence electrons. The van der Waals surface area contributed by atoms with E-state index in [1.54, 1.807) is 0 Å². The van der Waals surface area contributed by atoms with Crippen molar-refractivity contribution in [3.63, 3.8) is 0 Å². The maximum absolute atomic E-state index is 5.51. The Morgan fingerprint density at radius 3 is 2.76 bits per heavy atom. The van der Waals surface area contributed by atoms with E-state index in [0.717, 1.165) is 18.7 Å². The van der Waals surface area contributed by atoms with Crippen LogP contribution < -0.4 is 5.32 Å². The monoisotopic (exact) mass is 240 g/mol.